The first-order valence-corrected chi connectivity index (χ1v) is 11.8. The highest BCUT2D eigenvalue weighted by Gasteiger charge is 2.48. The van der Waals surface area contributed by atoms with Gasteiger partial charge in [-0.25, -0.2) is 4.79 Å². The van der Waals surface area contributed by atoms with Crippen LogP contribution >= 0.6 is 0 Å². The molecule has 0 spiro atoms. The Morgan fingerprint density at radius 1 is 0.950 bits per heavy atom. The first-order valence-electron chi connectivity index (χ1n) is 11.8. The number of esters is 2. The zero-order chi connectivity index (χ0) is 29.8. The molecule has 0 unspecified atom stereocenters. The number of hydrogen-bond acceptors (Lipinski definition) is 13. The zero-order valence-electron chi connectivity index (χ0n) is 22.0. The monoisotopic (exact) mass is 561 g/mol. The lowest BCUT2D eigenvalue weighted by molar-refractivity contribution is -0.384. The molecular weight excluding hydrogens is 534 g/mol. The molecule has 2 aromatic carbocycles. The van der Waals surface area contributed by atoms with Crippen LogP contribution in [0.5, 0.6) is 11.5 Å². The fourth-order valence-corrected chi connectivity index (χ4v) is 3.67. The number of hydrogen-bond donors (Lipinski definition) is 0. The van der Waals surface area contributed by atoms with Crippen LogP contribution in [0.1, 0.15) is 33.3 Å². The fourth-order valence-electron chi connectivity index (χ4n) is 3.67. The number of non-ortho nitro benzene ring substituents is 1. The minimum absolute atomic E-state index is 0.0691. The number of para-hydroxylation sites is 1. The van der Waals surface area contributed by atoms with Gasteiger partial charge in [0.15, 0.2) is 0 Å². The van der Waals surface area contributed by atoms with Gasteiger partial charge in [-0.15, -0.1) is 0 Å². The first-order chi connectivity index (χ1) is 19.0. The van der Waals surface area contributed by atoms with E-state index in [-0.39, 0.29) is 35.9 Å². The van der Waals surface area contributed by atoms with E-state index in [1.165, 1.54) is 38.1 Å². The highest BCUT2D eigenvalue weighted by Crippen LogP contribution is 2.33. The Kier molecular flexibility index (Phi) is 11.7. The molecule has 0 amide bonds. The Balaban J connectivity index is 0.00000178. The van der Waals surface area contributed by atoms with E-state index in [1.807, 2.05) is 6.92 Å². The summed E-state index contributed by atoms with van der Waals surface area (Å²) >= 11 is 0. The van der Waals surface area contributed by atoms with Crippen molar-refractivity contribution >= 4 is 29.9 Å². The van der Waals surface area contributed by atoms with Crippen molar-refractivity contribution in [1.82, 2.24) is 0 Å². The normalized spacial score (nSPS) is 21.4. The summed E-state index contributed by atoms with van der Waals surface area (Å²) in [6.45, 7) is 5.83. The SMILES string of the molecule is CC(=O)O[C@H]1[C@H](Oc2ccccc2COC(=O)Oc2ccc([N+](=O)[O-])cc2)O[C@H](C)[C@@H](C)[C@@H]1OC(C)=O.O=C=O. The van der Waals surface area contributed by atoms with Gasteiger partial charge in [-0.05, 0) is 25.1 Å². The first kappa shape index (κ1) is 31.4. The van der Waals surface area contributed by atoms with Crippen molar-refractivity contribution in [3.63, 3.8) is 0 Å². The third kappa shape index (κ3) is 9.19. The van der Waals surface area contributed by atoms with Crippen LogP contribution in [0.4, 0.5) is 10.5 Å². The molecule has 0 aliphatic carbocycles. The van der Waals surface area contributed by atoms with E-state index in [9.17, 15) is 24.5 Å². The van der Waals surface area contributed by atoms with Gasteiger partial charge in [0.2, 0.25) is 12.4 Å². The average molecular weight is 561 g/mol. The van der Waals surface area contributed by atoms with Crippen LogP contribution in [0.2, 0.25) is 0 Å². The van der Waals surface area contributed by atoms with Gasteiger partial charge in [-0.3, -0.25) is 19.7 Å². The van der Waals surface area contributed by atoms with Gasteiger partial charge in [0.1, 0.15) is 24.2 Å². The molecule has 2 aromatic rings. The lowest BCUT2D eigenvalue weighted by Gasteiger charge is -2.43. The Labute approximate surface area is 228 Å². The summed E-state index contributed by atoms with van der Waals surface area (Å²) < 4.78 is 33.1. The van der Waals surface area contributed by atoms with Crippen LogP contribution in [0, 0.1) is 16.0 Å². The van der Waals surface area contributed by atoms with Crippen LogP contribution in [-0.2, 0) is 44.7 Å². The maximum absolute atomic E-state index is 12.2. The molecule has 0 N–H and O–H groups in total. The van der Waals surface area contributed by atoms with Crippen LogP contribution in [0.15, 0.2) is 48.5 Å². The van der Waals surface area contributed by atoms with E-state index in [0.717, 1.165) is 0 Å². The molecule has 0 bridgehead atoms. The Hall–Kier alpha value is -4.81. The molecule has 40 heavy (non-hydrogen) atoms. The third-order valence-electron chi connectivity index (χ3n) is 5.61. The summed E-state index contributed by atoms with van der Waals surface area (Å²) in [6, 6.07) is 11.6. The quantitative estimate of drug-likeness (QED) is 0.150. The van der Waals surface area contributed by atoms with Gasteiger partial charge in [0.25, 0.3) is 5.69 Å². The van der Waals surface area contributed by atoms with E-state index >= 15 is 0 Å². The molecule has 0 aromatic heterocycles. The molecule has 214 valence electrons. The maximum Gasteiger partial charge on any atom is 0.514 e. The number of carbonyl (C=O) groups excluding carboxylic acids is 5. The van der Waals surface area contributed by atoms with Gasteiger partial charge in [-0.1, -0.05) is 25.1 Å². The molecule has 1 fully saturated rings. The third-order valence-corrected chi connectivity index (χ3v) is 5.61. The van der Waals surface area contributed by atoms with Crippen molar-refractivity contribution < 1.29 is 57.3 Å². The Morgan fingerprint density at radius 3 is 2.10 bits per heavy atom. The zero-order valence-corrected chi connectivity index (χ0v) is 22.0. The highest BCUT2D eigenvalue weighted by molar-refractivity contribution is 5.67. The molecule has 14 heteroatoms. The smallest absolute Gasteiger partial charge is 0.460 e. The molecule has 1 aliphatic rings. The van der Waals surface area contributed by atoms with Crippen molar-refractivity contribution in [1.29, 1.82) is 0 Å². The molecule has 1 aliphatic heterocycles. The van der Waals surface area contributed by atoms with E-state index in [2.05, 4.69) is 0 Å². The second-order valence-electron chi connectivity index (χ2n) is 8.42. The number of carbonyl (C=O) groups is 3. The van der Waals surface area contributed by atoms with Crippen LogP contribution in [0.25, 0.3) is 0 Å². The molecular formula is C26H27NO13. The maximum atomic E-state index is 12.2. The largest absolute Gasteiger partial charge is 0.514 e. The minimum atomic E-state index is -1.12. The summed E-state index contributed by atoms with van der Waals surface area (Å²) in [7, 11) is 0. The molecule has 1 saturated heterocycles. The summed E-state index contributed by atoms with van der Waals surface area (Å²) in [5.74, 6) is -1.09. The van der Waals surface area contributed by atoms with E-state index in [1.54, 1.807) is 31.2 Å². The van der Waals surface area contributed by atoms with Crippen molar-refractivity contribution in [3.05, 3.63) is 64.2 Å². The van der Waals surface area contributed by atoms with Crippen molar-refractivity contribution in [2.24, 2.45) is 5.92 Å². The molecule has 14 nitrogen and oxygen atoms in total. The van der Waals surface area contributed by atoms with E-state index in [4.69, 9.17) is 38.0 Å². The topological polar surface area (TPSA) is 184 Å². The average Bonchev–Trinajstić information content (AvgIpc) is 2.89. The van der Waals surface area contributed by atoms with E-state index < -0.39 is 47.6 Å². The standard InChI is InChI=1S/C25H27NO11.CO2/c1-14-15(2)33-24(23(35-17(4)28)22(14)34-16(3)27)37-21-8-6-5-7-18(21)13-32-25(29)36-20-11-9-19(10-12-20)26(30)31;2-1-3/h5-12,14-15,22-24H,13H2,1-4H3;/t14-,15-,22+,23-,24+;/m1./s1. The number of ether oxygens (including phenoxy) is 6. The lowest BCUT2D eigenvalue weighted by Crippen LogP contribution is -2.57. The van der Waals surface area contributed by atoms with Crippen LogP contribution in [0.3, 0.4) is 0 Å². The minimum Gasteiger partial charge on any atom is -0.460 e. The predicted octanol–water partition coefficient (Wildman–Crippen LogP) is 3.35. The fraction of sp³-hybridized carbons (Fsp3) is 0.385. The van der Waals surface area contributed by atoms with Gasteiger partial charge < -0.3 is 28.4 Å². The Morgan fingerprint density at radius 2 is 1.52 bits per heavy atom. The predicted molar refractivity (Wildman–Crippen MR) is 131 cm³/mol. The number of rotatable bonds is 8. The summed E-state index contributed by atoms with van der Waals surface area (Å²) in [4.78, 5) is 62.1. The number of nitro benzene ring substituents is 1. The second kappa shape index (κ2) is 15.0. The second-order valence-corrected chi connectivity index (χ2v) is 8.42. The van der Waals surface area contributed by atoms with Crippen LogP contribution < -0.4 is 9.47 Å². The van der Waals surface area contributed by atoms with Gasteiger partial charge >= 0.3 is 24.2 Å². The van der Waals surface area contributed by atoms with E-state index in [0.29, 0.717) is 5.56 Å². The molecule has 1 heterocycles. The van der Waals surface area contributed by atoms with Crippen molar-refractivity contribution in [2.45, 2.75) is 58.9 Å². The Bertz CT molecular complexity index is 1220. The molecule has 0 radical (unpaired) electrons. The summed E-state index contributed by atoms with van der Waals surface area (Å²) in [6.07, 6.45) is -4.16. The number of nitrogens with zero attached hydrogens (tertiary/aromatic N) is 1. The lowest BCUT2D eigenvalue weighted by atomic mass is 9.91. The molecule has 3 rings (SSSR count). The molecule has 5 atom stereocenters. The summed E-state index contributed by atoms with van der Waals surface area (Å²) in [5, 5.41) is 10.7. The van der Waals surface area contributed by atoms with Gasteiger partial charge in [0.05, 0.1) is 11.0 Å². The highest BCUT2D eigenvalue weighted by atomic mass is 16.7. The number of nitro groups is 1. The number of benzene rings is 2. The van der Waals surface area contributed by atoms with Crippen LogP contribution in [-0.4, -0.2) is 53.8 Å². The van der Waals surface area contributed by atoms with Gasteiger partial charge in [0, 0.05) is 37.5 Å². The summed E-state index contributed by atoms with van der Waals surface area (Å²) in [5.41, 5.74) is 0.298. The van der Waals surface area contributed by atoms with Crippen molar-refractivity contribution in [2.75, 3.05) is 0 Å². The molecule has 0 saturated carbocycles. The van der Waals surface area contributed by atoms with Crippen molar-refractivity contribution in [3.8, 4) is 11.5 Å². The van der Waals surface area contributed by atoms with Gasteiger partial charge in [-0.2, -0.15) is 9.59 Å².